The van der Waals surface area contributed by atoms with Crippen LogP contribution in [0.1, 0.15) is 59.7 Å². The molecular weight excluding hydrogens is 368 g/mol. The third-order valence-electron chi connectivity index (χ3n) is 6.30. The van der Waals surface area contributed by atoms with E-state index in [1.807, 2.05) is 41.3 Å². The molecule has 2 aromatic rings. The van der Waals surface area contributed by atoms with Crippen LogP contribution in [0, 0.1) is 0 Å². The van der Waals surface area contributed by atoms with Crippen molar-refractivity contribution in [3.8, 4) is 0 Å². The van der Waals surface area contributed by atoms with E-state index in [0.717, 1.165) is 43.4 Å². The second-order valence-corrected chi connectivity index (χ2v) is 7.94. The summed E-state index contributed by atoms with van der Waals surface area (Å²) in [6.45, 7) is 1.29. The zero-order chi connectivity index (χ0) is 20.3. The predicted molar refractivity (Wildman–Crippen MR) is 108 cm³/mol. The molecule has 6 heteroatoms. The molecule has 1 aliphatic heterocycles. The van der Waals surface area contributed by atoms with Crippen molar-refractivity contribution in [3.05, 3.63) is 59.5 Å². The van der Waals surface area contributed by atoms with E-state index < -0.39 is 11.5 Å². The van der Waals surface area contributed by atoms with Gasteiger partial charge in [0.1, 0.15) is 5.76 Å². The number of hydrogen-bond acceptors (Lipinski definition) is 4. The number of ether oxygens (including phenoxy) is 1. The SMILES string of the molecule is COCCNC(=O)C1c2ccccc2C(=O)N(Cc2ccco2)C12CCCCC2. The topological polar surface area (TPSA) is 71.8 Å². The smallest absolute Gasteiger partial charge is 0.255 e. The third-order valence-corrected chi connectivity index (χ3v) is 6.30. The molecule has 29 heavy (non-hydrogen) atoms. The predicted octanol–water partition coefficient (Wildman–Crippen LogP) is 3.48. The van der Waals surface area contributed by atoms with Crippen LogP contribution in [0.25, 0.3) is 0 Å². The van der Waals surface area contributed by atoms with Gasteiger partial charge in [-0.05, 0) is 36.6 Å². The molecule has 154 valence electrons. The summed E-state index contributed by atoms with van der Waals surface area (Å²) in [6, 6.07) is 11.3. The van der Waals surface area contributed by atoms with Gasteiger partial charge in [0.2, 0.25) is 5.91 Å². The molecule has 1 fully saturated rings. The Hall–Kier alpha value is -2.60. The van der Waals surface area contributed by atoms with Gasteiger partial charge in [-0.3, -0.25) is 9.59 Å². The third kappa shape index (κ3) is 3.57. The average Bonchev–Trinajstić information content (AvgIpc) is 3.26. The first-order valence-corrected chi connectivity index (χ1v) is 10.4. The molecule has 6 nitrogen and oxygen atoms in total. The molecule has 0 bridgehead atoms. The molecule has 1 aromatic carbocycles. The molecule has 0 radical (unpaired) electrons. The van der Waals surface area contributed by atoms with E-state index >= 15 is 0 Å². The summed E-state index contributed by atoms with van der Waals surface area (Å²) < 4.78 is 10.7. The Morgan fingerprint density at radius 3 is 2.72 bits per heavy atom. The molecule has 1 aromatic heterocycles. The van der Waals surface area contributed by atoms with Crippen LogP contribution in [0.2, 0.25) is 0 Å². The number of benzene rings is 1. The number of nitrogens with one attached hydrogen (secondary N) is 1. The molecule has 1 N–H and O–H groups in total. The molecular formula is C23H28N2O4. The number of amides is 2. The molecule has 1 unspecified atom stereocenters. The van der Waals surface area contributed by atoms with Crippen LogP contribution in [0.4, 0.5) is 0 Å². The van der Waals surface area contributed by atoms with Crippen LogP contribution in [0.3, 0.4) is 0 Å². The van der Waals surface area contributed by atoms with Gasteiger partial charge in [-0.25, -0.2) is 0 Å². The lowest BCUT2D eigenvalue weighted by Crippen LogP contribution is -2.62. The van der Waals surface area contributed by atoms with Crippen molar-refractivity contribution >= 4 is 11.8 Å². The first kappa shape index (κ1) is 19.7. The summed E-state index contributed by atoms with van der Waals surface area (Å²) in [5.41, 5.74) is 0.917. The quantitative estimate of drug-likeness (QED) is 0.759. The van der Waals surface area contributed by atoms with Crippen molar-refractivity contribution in [2.45, 2.75) is 50.1 Å². The molecule has 4 rings (SSSR count). The number of furan rings is 1. The maximum absolute atomic E-state index is 13.6. The van der Waals surface area contributed by atoms with E-state index in [4.69, 9.17) is 9.15 Å². The highest BCUT2D eigenvalue weighted by atomic mass is 16.5. The highest BCUT2D eigenvalue weighted by Crippen LogP contribution is 2.49. The van der Waals surface area contributed by atoms with Crippen LogP contribution < -0.4 is 5.32 Å². The van der Waals surface area contributed by atoms with E-state index in [1.165, 1.54) is 0 Å². The van der Waals surface area contributed by atoms with Gasteiger partial charge in [-0.1, -0.05) is 37.5 Å². The van der Waals surface area contributed by atoms with Crippen LogP contribution in [0.5, 0.6) is 0 Å². The number of hydrogen-bond donors (Lipinski definition) is 1. The Morgan fingerprint density at radius 1 is 1.21 bits per heavy atom. The van der Waals surface area contributed by atoms with Gasteiger partial charge in [0.25, 0.3) is 5.91 Å². The molecule has 2 amide bonds. The Labute approximate surface area is 171 Å². The van der Waals surface area contributed by atoms with Crippen molar-refractivity contribution in [2.75, 3.05) is 20.3 Å². The van der Waals surface area contributed by atoms with Crippen LogP contribution in [0.15, 0.2) is 47.1 Å². The summed E-state index contributed by atoms with van der Waals surface area (Å²) in [4.78, 5) is 28.9. The summed E-state index contributed by atoms with van der Waals surface area (Å²) in [6.07, 6.45) is 6.40. The van der Waals surface area contributed by atoms with Crippen LogP contribution in [-0.2, 0) is 16.1 Å². The van der Waals surface area contributed by atoms with E-state index in [-0.39, 0.29) is 11.8 Å². The number of fused-ring (bicyclic) bond motifs is 1. The fourth-order valence-corrected chi connectivity index (χ4v) is 5.01. The number of rotatable bonds is 6. The van der Waals surface area contributed by atoms with Gasteiger partial charge in [0.05, 0.1) is 30.9 Å². The second-order valence-electron chi connectivity index (χ2n) is 7.94. The Balaban J connectivity index is 1.79. The Kier molecular flexibility index (Phi) is 5.72. The van der Waals surface area contributed by atoms with Gasteiger partial charge < -0.3 is 19.4 Å². The first-order valence-electron chi connectivity index (χ1n) is 10.4. The number of carbonyl (C=O) groups excluding carboxylic acids is 2. The first-order chi connectivity index (χ1) is 14.2. The molecule has 1 atom stereocenters. The highest BCUT2D eigenvalue weighted by Gasteiger charge is 2.54. The van der Waals surface area contributed by atoms with Crippen molar-refractivity contribution in [1.29, 1.82) is 0 Å². The largest absolute Gasteiger partial charge is 0.467 e. The molecule has 2 aliphatic rings. The van der Waals surface area contributed by atoms with Crippen molar-refractivity contribution in [3.63, 3.8) is 0 Å². The second kappa shape index (κ2) is 8.41. The van der Waals surface area contributed by atoms with E-state index in [0.29, 0.717) is 25.3 Å². The van der Waals surface area contributed by atoms with E-state index in [1.54, 1.807) is 13.4 Å². The summed E-state index contributed by atoms with van der Waals surface area (Å²) in [5.74, 6) is 0.290. The van der Waals surface area contributed by atoms with E-state index in [9.17, 15) is 9.59 Å². The van der Waals surface area contributed by atoms with Crippen molar-refractivity contribution in [2.24, 2.45) is 0 Å². The standard InChI is InChI=1S/C23H28N2O4/c1-28-15-13-24-21(26)20-18-9-3-4-10-19(18)22(27)25(16-17-8-7-14-29-17)23(20)11-5-2-6-12-23/h3-4,7-10,14,20H,2,5-6,11-13,15-16H2,1H3,(H,24,26). The van der Waals surface area contributed by atoms with Gasteiger partial charge in [-0.15, -0.1) is 0 Å². The minimum atomic E-state index is -0.534. The molecule has 1 aliphatic carbocycles. The lowest BCUT2D eigenvalue weighted by Gasteiger charge is -2.53. The highest BCUT2D eigenvalue weighted by molar-refractivity contribution is 6.02. The fraction of sp³-hybridized carbons (Fsp3) is 0.478. The molecule has 0 saturated heterocycles. The van der Waals surface area contributed by atoms with Gasteiger partial charge in [-0.2, -0.15) is 0 Å². The van der Waals surface area contributed by atoms with Crippen LogP contribution >= 0.6 is 0 Å². The number of methoxy groups -OCH3 is 1. The monoisotopic (exact) mass is 396 g/mol. The summed E-state index contributed by atoms with van der Waals surface area (Å²) >= 11 is 0. The Morgan fingerprint density at radius 2 is 2.00 bits per heavy atom. The van der Waals surface area contributed by atoms with Gasteiger partial charge in [0.15, 0.2) is 0 Å². The number of carbonyl (C=O) groups is 2. The maximum atomic E-state index is 13.6. The minimum absolute atomic E-state index is 0.0140. The summed E-state index contributed by atoms with van der Waals surface area (Å²) in [5, 5.41) is 3.03. The fourth-order valence-electron chi connectivity index (χ4n) is 5.01. The Bertz CT molecular complexity index is 856. The van der Waals surface area contributed by atoms with Crippen LogP contribution in [-0.4, -0.2) is 42.5 Å². The molecule has 2 heterocycles. The van der Waals surface area contributed by atoms with Crippen molar-refractivity contribution in [1.82, 2.24) is 10.2 Å². The van der Waals surface area contributed by atoms with Gasteiger partial charge >= 0.3 is 0 Å². The minimum Gasteiger partial charge on any atom is -0.467 e. The number of nitrogens with zero attached hydrogens (tertiary/aromatic N) is 1. The van der Waals surface area contributed by atoms with Crippen molar-refractivity contribution < 1.29 is 18.7 Å². The zero-order valence-corrected chi connectivity index (χ0v) is 16.9. The molecule has 1 spiro atoms. The molecule has 1 saturated carbocycles. The zero-order valence-electron chi connectivity index (χ0n) is 16.9. The normalized spacial score (nSPS) is 20.5. The lowest BCUT2D eigenvalue weighted by molar-refractivity contribution is -0.127. The summed E-state index contributed by atoms with van der Waals surface area (Å²) in [7, 11) is 1.62. The van der Waals surface area contributed by atoms with Gasteiger partial charge in [0, 0.05) is 19.2 Å². The average molecular weight is 396 g/mol. The maximum Gasteiger partial charge on any atom is 0.255 e. The lowest BCUT2D eigenvalue weighted by atomic mass is 9.65. The van der Waals surface area contributed by atoms with E-state index in [2.05, 4.69) is 5.32 Å².